The standard InChI is InChI=1S/C26H20N2O/c1-17-9-11-19(12-10-17)27-25-22-7-3-5-18-6-4-8-23(24(18)22)26(25)28-20-13-15-21(29-2)16-14-20/h3-16H,1-2H3. The van der Waals surface area contributed by atoms with E-state index in [-0.39, 0.29) is 0 Å². The van der Waals surface area contributed by atoms with Crippen LogP contribution in [-0.2, 0) is 0 Å². The van der Waals surface area contributed by atoms with Crippen LogP contribution in [0.2, 0.25) is 0 Å². The SMILES string of the molecule is COc1ccc(N=C2C(=Nc3ccc(C)cc3)c3cccc4cccc2c34)cc1. The minimum Gasteiger partial charge on any atom is -0.497 e. The molecule has 0 fully saturated rings. The summed E-state index contributed by atoms with van der Waals surface area (Å²) in [5.74, 6) is 0.819. The van der Waals surface area contributed by atoms with E-state index in [1.54, 1.807) is 7.11 Å². The van der Waals surface area contributed by atoms with E-state index in [2.05, 4.69) is 67.6 Å². The Morgan fingerprint density at radius 1 is 0.621 bits per heavy atom. The number of nitrogens with zero attached hydrogens (tertiary/aromatic N) is 2. The predicted octanol–water partition coefficient (Wildman–Crippen LogP) is 6.41. The molecule has 3 nitrogen and oxygen atoms in total. The van der Waals surface area contributed by atoms with Crippen LogP contribution in [0.1, 0.15) is 16.7 Å². The third-order valence-corrected chi connectivity index (χ3v) is 5.23. The lowest BCUT2D eigenvalue weighted by Crippen LogP contribution is -2.10. The molecule has 29 heavy (non-hydrogen) atoms. The molecule has 0 bridgehead atoms. The van der Waals surface area contributed by atoms with Gasteiger partial charge in [-0.15, -0.1) is 0 Å². The van der Waals surface area contributed by atoms with Crippen molar-refractivity contribution < 1.29 is 4.74 Å². The molecule has 0 spiro atoms. The molecule has 4 aromatic rings. The molecule has 0 amide bonds. The highest BCUT2D eigenvalue weighted by atomic mass is 16.5. The zero-order valence-corrected chi connectivity index (χ0v) is 16.4. The van der Waals surface area contributed by atoms with Gasteiger partial charge in [0.05, 0.1) is 29.9 Å². The maximum absolute atomic E-state index is 5.27. The molecule has 140 valence electrons. The highest BCUT2D eigenvalue weighted by molar-refractivity contribution is 6.61. The Labute approximate surface area is 170 Å². The van der Waals surface area contributed by atoms with E-state index in [1.807, 2.05) is 24.3 Å². The lowest BCUT2D eigenvalue weighted by molar-refractivity contribution is 0.415. The topological polar surface area (TPSA) is 34.0 Å². The fourth-order valence-electron chi connectivity index (χ4n) is 3.75. The van der Waals surface area contributed by atoms with Crippen molar-refractivity contribution >= 4 is 33.6 Å². The maximum atomic E-state index is 5.27. The number of rotatable bonds is 3. The first kappa shape index (κ1) is 17.4. The second kappa shape index (κ2) is 7.02. The fourth-order valence-corrected chi connectivity index (χ4v) is 3.75. The van der Waals surface area contributed by atoms with E-state index in [0.717, 1.165) is 39.7 Å². The molecule has 0 saturated heterocycles. The summed E-state index contributed by atoms with van der Waals surface area (Å²) in [6.45, 7) is 2.08. The molecule has 0 saturated carbocycles. The second-order valence-electron chi connectivity index (χ2n) is 7.16. The number of methoxy groups -OCH3 is 1. The van der Waals surface area contributed by atoms with Crippen molar-refractivity contribution in [1.82, 2.24) is 0 Å². The van der Waals surface area contributed by atoms with Gasteiger partial charge < -0.3 is 4.74 Å². The Kier molecular flexibility index (Phi) is 4.21. The summed E-state index contributed by atoms with van der Waals surface area (Å²) in [4.78, 5) is 10.0. The van der Waals surface area contributed by atoms with Crippen LogP contribution < -0.4 is 4.74 Å². The van der Waals surface area contributed by atoms with Crippen molar-refractivity contribution in [2.24, 2.45) is 9.98 Å². The summed E-state index contributed by atoms with van der Waals surface area (Å²) in [7, 11) is 1.67. The first-order valence-electron chi connectivity index (χ1n) is 9.64. The monoisotopic (exact) mass is 376 g/mol. The molecule has 0 heterocycles. The highest BCUT2D eigenvalue weighted by Crippen LogP contribution is 2.34. The first-order chi connectivity index (χ1) is 14.2. The van der Waals surface area contributed by atoms with E-state index in [4.69, 9.17) is 14.7 Å². The van der Waals surface area contributed by atoms with E-state index >= 15 is 0 Å². The first-order valence-corrected chi connectivity index (χ1v) is 9.64. The number of benzene rings is 4. The van der Waals surface area contributed by atoms with Crippen molar-refractivity contribution in [1.29, 1.82) is 0 Å². The quantitative estimate of drug-likeness (QED) is 0.407. The Balaban J connectivity index is 1.73. The molecule has 3 heteroatoms. The average Bonchev–Trinajstić information content (AvgIpc) is 3.05. The molecule has 4 aromatic carbocycles. The van der Waals surface area contributed by atoms with Gasteiger partial charge in [0.15, 0.2) is 0 Å². The molecular weight excluding hydrogens is 356 g/mol. The van der Waals surface area contributed by atoms with Gasteiger partial charge in [0, 0.05) is 16.5 Å². The third kappa shape index (κ3) is 3.11. The summed E-state index contributed by atoms with van der Waals surface area (Å²) in [5, 5.41) is 2.42. The molecule has 0 radical (unpaired) electrons. The minimum absolute atomic E-state index is 0.819. The molecule has 1 aliphatic rings. The van der Waals surface area contributed by atoms with Crippen LogP contribution in [0.3, 0.4) is 0 Å². The highest BCUT2D eigenvalue weighted by Gasteiger charge is 2.27. The Bertz CT molecular complexity index is 1260. The van der Waals surface area contributed by atoms with Crippen molar-refractivity contribution in [2.75, 3.05) is 7.11 Å². The predicted molar refractivity (Wildman–Crippen MR) is 121 cm³/mol. The van der Waals surface area contributed by atoms with Crippen molar-refractivity contribution in [3.8, 4) is 5.75 Å². The second-order valence-corrected chi connectivity index (χ2v) is 7.16. The van der Waals surface area contributed by atoms with E-state index in [0.29, 0.717) is 0 Å². The number of aliphatic imine (C=N–C) groups is 2. The molecule has 5 rings (SSSR count). The van der Waals surface area contributed by atoms with Crippen LogP contribution in [-0.4, -0.2) is 18.5 Å². The van der Waals surface area contributed by atoms with Gasteiger partial charge in [-0.1, -0.05) is 54.1 Å². The number of hydrogen-bond donors (Lipinski definition) is 0. The molecule has 1 aliphatic carbocycles. The zero-order chi connectivity index (χ0) is 19.8. The number of ether oxygens (including phenoxy) is 1. The van der Waals surface area contributed by atoms with Crippen LogP contribution in [0, 0.1) is 6.92 Å². The van der Waals surface area contributed by atoms with Crippen molar-refractivity contribution in [2.45, 2.75) is 6.92 Å². The Morgan fingerprint density at radius 3 is 1.66 bits per heavy atom. The lowest BCUT2D eigenvalue weighted by atomic mass is 10.1. The van der Waals surface area contributed by atoms with Crippen LogP contribution >= 0.6 is 0 Å². The number of aryl methyl sites for hydroxylation is 1. The van der Waals surface area contributed by atoms with E-state index in [1.165, 1.54) is 16.3 Å². The zero-order valence-electron chi connectivity index (χ0n) is 16.4. The summed E-state index contributed by atoms with van der Waals surface area (Å²) in [6, 6.07) is 28.8. The van der Waals surface area contributed by atoms with Crippen molar-refractivity contribution in [3.05, 3.63) is 102 Å². The van der Waals surface area contributed by atoms with Gasteiger partial charge in [-0.3, -0.25) is 0 Å². The summed E-state index contributed by atoms with van der Waals surface area (Å²) in [6.07, 6.45) is 0. The normalized spacial score (nSPS) is 15.4. The van der Waals surface area contributed by atoms with Gasteiger partial charge in [0.1, 0.15) is 5.75 Å². The molecule has 0 N–H and O–H groups in total. The molecule has 0 atom stereocenters. The lowest BCUT2D eigenvalue weighted by Gasteiger charge is -2.05. The summed E-state index contributed by atoms with van der Waals surface area (Å²) >= 11 is 0. The van der Waals surface area contributed by atoms with Crippen LogP contribution in [0.15, 0.2) is 94.9 Å². The van der Waals surface area contributed by atoms with Crippen LogP contribution in [0.25, 0.3) is 10.8 Å². The van der Waals surface area contributed by atoms with E-state index in [9.17, 15) is 0 Å². The molecule has 0 aromatic heterocycles. The van der Waals surface area contributed by atoms with Gasteiger partial charge in [0.2, 0.25) is 0 Å². The van der Waals surface area contributed by atoms with Crippen LogP contribution in [0.5, 0.6) is 5.75 Å². The largest absolute Gasteiger partial charge is 0.497 e. The minimum atomic E-state index is 0.819. The molecule has 0 unspecified atom stereocenters. The molecule has 0 aliphatic heterocycles. The van der Waals surface area contributed by atoms with E-state index < -0.39 is 0 Å². The summed E-state index contributed by atoms with van der Waals surface area (Å²) in [5.41, 5.74) is 7.10. The Hall–Kier alpha value is -3.72. The summed E-state index contributed by atoms with van der Waals surface area (Å²) < 4.78 is 5.27. The van der Waals surface area contributed by atoms with Crippen LogP contribution in [0.4, 0.5) is 11.4 Å². The average molecular weight is 376 g/mol. The van der Waals surface area contributed by atoms with Gasteiger partial charge in [0.25, 0.3) is 0 Å². The van der Waals surface area contributed by atoms with Gasteiger partial charge >= 0.3 is 0 Å². The van der Waals surface area contributed by atoms with Gasteiger partial charge in [-0.05, 0) is 48.7 Å². The third-order valence-electron chi connectivity index (χ3n) is 5.23. The van der Waals surface area contributed by atoms with Gasteiger partial charge in [-0.2, -0.15) is 0 Å². The maximum Gasteiger partial charge on any atom is 0.119 e. The van der Waals surface area contributed by atoms with Gasteiger partial charge in [-0.25, -0.2) is 9.98 Å². The number of hydrogen-bond acceptors (Lipinski definition) is 3. The smallest absolute Gasteiger partial charge is 0.119 e. The Morgan fingerprint density at radius 2 is 1.14 bits per heavy atom. The van der Waals surface area contributed by atoms with Crippen molar-refractivity contribution in [3.63, 3.8) is 0 Å². The fraction of sp³-hybridized carbons (Fsp3) is 0.0769. The molecular formula is C26H20N2O.